The molecule has 2 aromatic rings. The molecule has 3 N–H and O–H groups in total. The Bertz CT molecular complexity index is 810. The summed E-state index contributed by atoms with van der Waals surface area (Å²) in [5.74, 6) is -0.849. The van der Waals surface area contributed by atoms with E-state index in [0.717, 1.165) is 16.5 Å². The van der Waals surface area contributed by atoms with Crippen molar-refractivity contribution < 1.29 is 17.6 Å². The highest BCUT2D eigenvalue weighted by Crippen LogP contribution is 2.37. The largest absolute Gasteiger partial charge is 0.391 e. The van der Waals surface area contributed by atoms with Gasteiger partial charge < -0.3 is 15.6 Å². The molecule has 29 heavy (non-hydrogen) atoms. The molecule has 1 saturated carbocycles. The number of aromatic nitrogens is 1. The van der Waals surface area contributed by atoms with Gasteiger partial charge in [-0.2, -0.15) is 13.2 Å². The lowest BCUT2D eigenvalue weighted by Crippen LogP contribution is -2.45. The van der Waals surface area contributed by atoms with Gasteiger partial charge in [-0.1, -0.05) is 0 Å². The van der Waals surface area contributed by atoms with Crippen LogP contribution in [-0.2, 0) is 6.42 Å². The van der Waals surface area contributed by atoms with Gasteiger partial charge >= 0.3 is 6.18 Å². The van der Waals surface area contributed by atoms with Gasteiger partial charge in [-0.25, -0.2) is 4.39 Å². The van der Waals surface area contributed by atoms with Crippen molar-refractivity contribution in [3.05, 3.63) is 35.8 Å². The molecular formula is C20H27F4IN4. The molecule has 1 aliphatic rings. The molecule has 0 aliphatic heterocycles. The van der Waals surface area contributed by atoms with Crippen LogP contribution in [0.2, 0.25) is 0 Å². The summed E-state index contributed by atoms with van der Waals surface area (Å²) in [5, 5.41) is 7.25. The molecule has 4 nitrogen and oxygen atoms in total. The molecule has 1 aromatic carbocycles. The van der Waals surface area contributed by atoms with Crippen molar-refractivity contribution >= 4 is 40.8 Å². The van der Waals surface area contributed by atoms with E-state index in [1.807, 2.05) is 13.1 Å². The van der Waals surface area contributed by atoms with Crippen LogP contribution in [0.3, 0.4) is 0 Å². The number of hydrogen-bond donors (Lipinski definition) is 3. The molecule has 0 bridgehead atoms. The first kappa shape index (κ1) is 23.8. The Morgan fingerprint density at radius 3 is 2.59 bits per heavy atom. The van der Waals surface area contributed by atoms with Gasteiger partial charge in [0.05, 0.1) is 5.92 Å². The lowest BCUT2D eigenvalue weighted by atomic mass is 9.85. The van der Waals surface area contributed by atoms with E-state index in [2.05, 4.69) is 20.6 Å². The maximum atomic E-state index is 13.5. The number of halogens is 5. The van der Waals surface area contributed by atoms with Crippen LogP contribution in [0.4, 0.5) is 17.6 Å². The topological polar surface area (TPSA) is 52.2 Å². The van der Waals surface area contributed by atoms with Gasteiger partial charge in [-0.05, 0) is 62.8 Å². The summed E-state index contributed by atoms with van der Waals surface area (Å²) in [6.07, 6.45) is -0.322. The van der Waals surface area contributed by atoms with Crippen LogP contribution in [0.1, 0.15) is 38.2 Å². The molecule has 0 radical (unpaired) electrons. The van der Waals surface area contributed by atoms with E-state index in [9.17, 15) is 17.6 Å². The Kier molecular flexibility index (Phi) is 8.59. The first-order valence-electron chi connectivity index (χ1n) is 9.74. The number of fused-ring (bicyclic) bond motifs is 1. The number of nitrogens with zero attached hydrogens (tertiary/aromatic N) is 1. The fourth-order valence-electron chi connectivity index (χ4n) is 3.72. The summed E-state index contributed by atoms with van der Waals surface area (Å²) < 4.78 is 51.9. The molecule has 1 fully saturated rings. The second-order valence-corrected chi connectivity index (χ2v) is 7.25. The molecule has 1 aromatic heterocycles. The number of alkyl halides is 3. The third-order valence-electron chi connectivity index (χ3n) is 5.26. The zero-order valence-electron chi connectivity index (χ0n) is 16.3. The fourth-order valence-corrected chi connectivity index (χ4v) is 3.72. The Morgan fingerprint density at radius 1 is 1.21 bits per heavy atom. The van der Waals surface area contributed by atoms with Crippen LogP contribution in [0.25, 0.3) is 10.9 Å². The Morgan fingerprint density at radius 2 is 1.93 bits per heavy atom. The van der Waals surface area contributed by atoms with Crippen molar-refractivity contribution in [2.45, 2.75) is 51.2 Å². The van der Waals surface area contributed by atoms with E-state index in [4.69, 9.17) is 0 Å². The number of benzene rings is 1. The van der Waals surface area contributed by atoms with Gasteiger partial charge in [0.1, 0.15) is 5.82 Å². The van der Waals surface area contributed by atoms with Crippen LogP contribution in [-0.4, -0.2) is 36.3 Å². The van der Waals surface area contributed by atoms with Crippen LogP contribution in [0.5, 0.6) is 0 Å². The monoisotopic (exact) mass is 526 g/mol. The van der Waals surface area contributed by atoms with Gasteiger partial charge in [0, 0.05) is 36.2 Å². The highest BCUT2D eigenvalue weighted by Gasteiger charge is 2.41. The maximum Gasteiger partial charge on any atom is 0.391 e. The van der Waals surface area contributed by atoms with E-state index < -0.39 is 12.1 Å². The van der Waals surface area contributed by atoms with E-state index >= 15 is 0 Å². The van der Waals surface area contributed by atoms with E-state index in [1.165, 1.54) is 12.1 Å². The number of hydrogen-bond acceptors (Lipinski definition) is 1. The molecule has 0 unspecified atom stereocenters. The van der Waals surface area contributed by atoms with Crippen molar-refractivity contribution in [2.75, 3.05) is 13.1 Å². The van der Waals surface area contributed by atoms with Gasteiger partial charge in [0.2, 0.25) is 0 Å². The molecule has 0 amide bonds. The summed E-state index contributed by atoms with van der Waals surface area (Å²) in [7, 11) is 0. The summed E-state index contributed by atoms with van der Waals surface area (Å²) in [5.41, 5.74) is 1.87. The first-order chi connectivity index (χ1) is 13.4. The fraction of sp³-hybridized carbons (Fsp3) is 0.550. The highest BCUT2D eigenvalue weighted by molar-refractivity contribution is 14.0. The van der Waals surface area contributed by atoms with Gasteiger partial charge in [-0.15, -0.1) is 24.0 Å². The van der Waals surface area contributed by atoms with Crippen LogP contribution in [0, 0.1) is 11.7 Å². The number of rotatable bonds is 5. The number of aliphatic imine (C=N–C) groups is 1. The van der Waals surface area contributed by atoms with Crippen molar-refractivity contribution in [1.29, 1.82) is 0 Å². The predicted molar refractivity (Wildman–Crippen MR) is 118 cm³/mol. The molecule has 0 spiro atoms. The van der Waals surface area contributed by atoms with Crippen LogP contribution < -0.4 is 10.6 Å². The summed E-state index contributed by atoms with van der Waals surface area (Å²) >= 11 is 0. The molecule has 0 atom stereocenters. The van der Waals surface area contributed by atoms with E-state index in [0.29, 0.717) is 38.3 Å². The smallest absolute Gasteiger partial charge is 0.361 e. The third kappa shape index (κ3) is 6.48. The van der Waals surface area contributed by atoms with Crippen LogP contribution >= 0.6 is 24.0 Å². The summed E-state index contributed by atoms with van der Waals surface area (Å²) in [4.78, 5) is 7.67. The van der Waals surface area contributed by atoms with Crippen LogP contribution in [0.15, 0.2) is 29.4 Å². The molecule has 9 heteroatoms. The Balaban J connectivity index is 0.00000300. The average molecular weight is 526 g/mol. The zero-order valence-corrected chi connectivity index (χ0v) is 18.6. The lowest BCUT2D eigenvalue weighted by molar-refractivity contribution is -0.182. The number of H-pyrrole nitrogens is 1. The standard InChI is InChI=1S/C20H26F4N4.HI/c1-2-25-19(28-16-6-3-14(4-7-16)20(22,23)24)26-10-9-13-12-27-18-8-5-15(21)11-17(13)18;/h5,8,11-12,14,16,27H,2-4,6-7,9-10H2,1H3,(H2,25,26,28);1H. The van der Waals surface area contributed by atoms with Gasteiger partial charge in [0.25, 0.3) is 0 Å². The van der Waals surface area contributed by atoms with Crippen molar-refractivity contribution in [1.82, 2.24) is 15.6 Å². The molecule has 3 rings (SSSR count). The van der Waals surface area contributed by atoms with E-state index in [1.54, 1.807) is 6.07 Å². The number of aromatic amines is 1. The van der Waals surface area contributed by atoms with Gasteiger partial charge in [0.15, 0.2) is 5.96 Å². The van der Waals surface area contributed by atoms with Crippen molar-refractivity contribution in [3.8, 4) is 0 Å². The number of guanidine groups is 1. The maximum absolute atomic E-state index is 13.5. The average Bonchev–Trinajstić information content (AvgIpc) is 3.04. The Labute approximate surface area is 184 Å². The summed E-state index contributed by atoms with van der Waals surface area (Å²) in [6.45, 7) is 3.11. The lowest BCUT2D eigenvalue weighted by Gasteiger charge is -2.31. The molecule has 162 valence electrons. The second-order valence-electron chi connectivity index (χ2n) is 7.25. The number of nitrogens with one attached hydrogen (secondary N) is 3. The molecular weight excluding hydrogens is 499 g/mol. The minimum absolute atomic E-state index is 0. The first-order valence-corrected chi connectivity index (χ1v) is 9.74. The Hall–Kier alpha value is -1.52. The highest BCUT2D eigenvalue weighted by atomic mass is 127. The minimum Gasteiger partial charge on any atom is -0.361 e. The quantitative estimate of drug-likeness (QED) is 0.219. The second kappa shape index (κ2) is 10.5. The summed E-state index contributed by atoms with van der Waals surface area (Å²) in [6, 6.07) is 4.63. The van der Waals surface area contributed by atoms with E-state index in [-0.39, 0.29) is 48.7 Å². The predicted octanol–water partition coefficient (Wildman–Crippen LogP) is 5.14. The van der Waals surface area contributed by atoms with Gasteiger partial charge in [-0.3, -0.25) is 4.99 Å². The SMILES string of the molecule is CCNC(=NCCc1c[nH]c2ccc(F)cc12)NC1CCC(C(F)(F)F)CC1.I. The molecule has 1 aliphatic carbocycles. The van der Waals surface area contributed by atoms with Crippen molar-refractivity contribution in [3.63, 3.8) is 0 Å². The zero-order chi connectivity index (χ0) is 20.1. The minimum atomic E-state index is -4.09. The third-order valence-corrected chi connectivity index (χ3v) is 5.26. The van der Waals surface area contributed by atoms with Crippen molar-refractivity contribution in [2.24, 2.45) is 10.9 Å². The normalized spacial score (nSPS) is 20.4. The molecule has 0 saturated heterocycles. The molecule has 1 heterocycles.